The van der Waals surface area contributed by atoms with Gasteiger partial charge < -0.3 is 10.2 Å². The lowest BCUT2D eigenvalue weighted by Crippen LogP contribution is -2.28. The maximum Gasteiger partial charge on any atom is 0.127 e. The second kappa shape index (κ2) is 9.89. The van der Waals surface area contributed by atoms with Crippen LogP contribution in [0.4, 0.5) is 4.39 Å². The second-order valence-electron chi connectivity index (χ2n) is 5.43. The SMILES string of the molecule is CCCCCN(C)CCC(NCC)c1ccccc1F. The van der Waals surface area contributed by atoms with Crippen LogP contribution in [0.1, 0.15) is 51.1 Å². The molecule has 0 saturated heterocycles. The molecule has 1 rings (SSSR count). The Balaban J connectivity index is 2.49. The Bertz CT molecular complexity index is 368. The van der Waals surface area contributed by atoms with Gasteiger partial charge in [-0.05, 0) is 45.6 Å². The summed E-state index contributed by atoms with van der Waals surface area (Å²) >= 11 is 0. The Labute approximate surface area is 123 Å². The molecule has 0 aromatic heterocycles. The van der Waals surface area contributed by atoms with Gasteiger partial charge in [0.25, 0.3) is 0 Å². The molecule has 1 aromatic rings. The summed E-state index contributed by atoms with van der Waals surface area (Å²) in [6.07, 6.45) is 4.73. The third-order valence-corrected chi connectivity index (χ3v) is 3.67. The highest BCUT2D eigenvalue weighted by molar-refractivity contribution is 5.21. The Morgan fingerprint density at radius 2 is 1.90 bits per heavy atom. The van der Waals surface area contributed by atoms with Crippen LogP contribution in [0, 0.1) is 5.82 Å². The summed E-state index contributed by atoms with van der Waals surface area (Å²) in [5.74, 6) is -0.105. The number of rotatable bonds is 10. The lowest BCUT2D eigenvalue weighted by Gasteiger charge is -2.23. The first-order chi connectivity index (χ1) is 9.69. The number of halogens is 1. The standard InChI is InChI=1S/C17H29FN2/c1-4-6-9-13-20(3)14-12-17(19-5-2)15-10-7-8-11-16(15)18/h7-8,10-11,17,19H,4-6,9,12-14H2,1-3H3. The summed E-state index contributed by atoms with van der Waals surface area (Å²) in [6.45, 7) is 7.27. The largest absolute Gasteiger partial charge is 0.310 e. The first kappa shape index (κ1) is 17.1. The monoisotopic (exact) mass is 280 g/mol. The second-order valence-corrected chi connectivity index (χ2v) is 5.43. The zero-order chi connectivity index (χ0) is 14.8. The number of hydrogen-bond donors (Lipinski definition) is 1. The van der Waals surface area contributed by atoms with E-state index in [1.165, 1.54) is 19.3 Å². The van der Waals surface area contributed by atoms with Crippen LogP contribution in [0.3, 0.4) is 0 Å². The minimum atomic E-state index is -0.105. The highest BCUT2D eigenvalue weighted by atomic mass is 19.1. The van der Waals surface area contributed by atoms with Crippen molar-refractivity contribution in [3.05, 3.63) is 35.6 Å². The fraction of sp³-hybridized carbons (Fsp3) is 0.647. The van der Waals surface area contributed by atoms with Gasteiger partial charge in [0.1, 0.15) is 5.82 Å². The van der Waals surface area contributed by atoms with Crippen molar-refractivity contribution in [1.29, 1.82) is 0 Å². The summed E-state index contributed by atoms with van der Waals surface area (Å²) in [5.41, 5.74) is 0.788. The van der Waals surface area contributed by atoms with Gasteiger partial charge in [0.15, 0.2) is 0 Å². The third-order valence-electron chi connectivity index (χ3n) is 3.67. The summed E-state index contributed by atoms with van der Waals surface area (Å²) in [7, 11) is 2.15. The van der Waals surface area contributed by atoms with Crippen LogP contribution < -0.4 is 5.32 Å². The first-order valence-corrected chi connectivity index (χ1v) is 7.85. The molecule has 0 spiro atoms. The summed E-state index contributed by atoms with van der Waals surface area (Å²) in [4.78, 5) is 2.35. The van der Waals surface area contributed by atoms with E-state index >= 15 is 0 Å². The van der Waals surface area contributed by atoms with E-state index in [9.17, 15) is 4.39 Å². The number of hydrogen-bond acceptors (Lipinski definition) is 2. The third kappa shape index (κ3) is 6.02. The minimum absolute atomic E-state index is 0.105. The van der Waals surface area contributed by atoms with Gasteiger partial charge in [0, 0.05) is 11.6 Å². The summed E-state index contributed by atoms with van der Waals surface area (Å²) < 4.78 is 13.9. The van der Waals surface area contributed by atoms with Crippen molar-refractivity contribution in [3.63, 3.8) is 0 Å². The van der Waals surface area contributed by atoms with Gasteiger partial charge in [-0.15, -0.1) is 0 Å². The number of nitrogens with one attached hydrogen (secondary N) is 1. The van der Waals surface area contributed by atoms with Crippen LogP contribution in [-0.4, -0.2) is 31.6 Å². The van der Waals surface area contributed by atoms with Crippen molar-refractivity contribution >= 4 is 0 Å². The molecule has 0 fully saturated rings. The first-order valence-electron chi connectivity index (χ1n) is 7.85. The average molecular weight is 280 g/mol. The highest BCUT2D eigenvalue weighted by Gasteiger charge is 2.14. The molecule has 0 aliphatic rings. The van der Waals surface area contributed by atoms with Crippen molar-refractivity contribution in [1.82, 2.24) is 10.2 Å². The maximum absolute atomic E-state index is 13.9. The molecular weight excluding hydrogens is 251 g/mol. The Kier molecular flexibility index (Phi) is 8.47. The van der Waals surface area contributed by atoms with E-state index in [1.54, 1.807) is 12.1 Å². The van der Waals surface area contributed by atoms with Crippen LogP contribution in [-0.2, 0) is 0 Å². The summed E-state index contributed by atoms with van der Waals surface area (Å²) in [6, 6.07) is 7.20. The topological polar surface area (TPSA) is 15.3 Å². The van der Waals surface area contributed by atoms with Crippen LogP contribution in [0.5, 0.6) is 0 Å². The highest BCUT2D eigenvalue weighted by Crippen LogP contribution is 2.20. The number of unbranched alkanes of at least 4 members (excludes halogenated alkanes) is 2. The molecular formula is C17H29FN2. The molecule has 3 heteroatoms. The maximum atomic E-state index is 13.9. The van der Waals surface area contributed by atoms with Gasteiger partial charge in [0.05, 0.1) is 0 Å². The molecule has 0 aliphatic carbocycles. The molecule has 0 heterocycles. The zero-order valence-electron chi connectivity index (χ0n) is 13.2. The minimum Gasteiger partial charge on any atom is -0.310 e. The summed E-state index contributed by atoms with van der Waals surface area (Å²) in [5, 5.41) is 3.40. The number of nitrogens with zero attached hydrogens (tertiary/aromatic N) is 1. The molecule has 0 aliphatic heterocycles. The van der Waals surface area contributed by atoms with E-state index in [0.717, 1.165) is 31.6 Å². The van der Waals surface area contributed by atoms with Crippen LogP contribution in [0.15, 0.2) is 24.3 Å². The fourth-order valence-electron chi connectivity index (χ4n) is 2.46. The van der Waals surface area contributed by atoms with Crippen molar-refractivity contribution in [3.8, 4) is 0 Å². The van der Waals surface area contributed by atoms with Gasteiger partial charge in [-0.3, -0.25) is 0 Å². The van der Waals surface area contributed by atoms with E-state index in [1.807, 2.05) is 12.1 Å². The smallest absolute Gasteiger partial charge is 0.127 e. The molecule has 1 atom stereocenters. The Morgan fingerprint density at radius 1 is 1.15 bits per heavy atom. The predicted octanol–water partition coefficient (Wildman–Crippen LogP) is 3.99. The zero-order valence-corrected chi connectivity index (χ0v) is 13.2. The van der Waals surface area contributed by atoms with Gasteiger partial charge in [-0.1, -0.05) is 44.9 Å². The van der Waals surface area contributed by atoms with E-state index in [0.29, 0.717) is 0 Å². The van der Waals surface area contributed by atoms with Crippen LogP contribution in [0.25, 0.3) is 0 Å². The van der Waals surface area contributed by atoms with E-state index in [2.05, 4.69) is 31.1 Å². The lowest BCUT2D eigenvalue weighted by molar-refractivity contribution is 0.300. The quantitative estimate of drug-likeness (QED) is 0.652. The predicted molar refractivity (Wildman–Crippen MR) is 84.5 cm³/mol. The Morgan fingerprint density at radius 3 is 2.55 bits per heavy atom. The van der Waals surface area contributed by atoms with Crippen LogP contribution >= 0.6 is 0 Å². The van der Waals surface area contributed by atoms with Gasteiger partial charge >= 0.3 is 0 Å². The molecule has 0 bridgehead atoms. The van der Waals surface area contributed by atoms with Crippen molar-refractivity contribution in [2.45, 2.75) is 45.6 Å². The molecule has 2 nitrogen and oxygen atoms in total. The fourth-order valence-corrected chi connectivity index (χ4v) is 2.46. The van der Waals surface area contributed by atoms with E-state index in [-0.39, 0.29) is 11.9 Å². The molecule has 114 valence electrons. The normalized spacial score (nSPS) is 12.8. The van der Waals surface area contributed by atoms with Crippen LogP contribution in [0.2, 0.25) is 0 Å². The molecule has 1 N–H and O–H groups in total. The van der Waals surface area contributed by atoms with Crippen molar-refractivity contribution < 1.29 is 4.39 Å². The van der Waals surface area contributed by atoms with Crippen molar-refractivity contribution in [2.75, 3.05) is 26.7 Å². The Hall–Kier alpha value is -0.930. The molecule has 0 saturated carbocycles. The molecule has 0 radical (unpaired) electrons. The van der Waals surface area contributed by atoms with Crippen molar-refractivity contribution in [2.24, 2.45) is 0 Å². The van der Waals surface area contributed by atoms with E-state index in [4.69, 9.17) is 0 Å². The van der Waals surface area contributed by atoms with Gasteiger partial charge in [-0.2, -0.15) is 0 Å². The average Bonchev–Trinajstić information content (AvgIpc) is 2.44. The number of benzene rings is 1. The van der Waals surface area contributed by atoms with Gasteiger partial charge in [-0.25, -0.2) is 4.39 Å². The lowest BCUT2D eigenvalue weighted by atomic mass is 10.0. The molecule has 1 aromatic carbocycles. The molecule has 1 unspecified atom stereocenters. The molecule has 0 amide bonds. The van der Waals surface area contributed by atoms with E-state index < -0.39 is 0 Å². The van der Waals surface area contributed by atoms with Gasteiger partial charge in [0.2, 0.25) is 0 Å². The molecule has 20 heavy (non-hydrogen) atoms.